The van der Waals surface area contributed by atoms with Crippen molar-refractivity contribution in [2.45, 2.75) is 64.8 Å². The van der Waals surface area contributed by atoms with Crippen LogP contribution in [0.4, 0.5) is 0 Å². The molecule has 2 rings (SSSR count). The molecule has 1 nitrogen and oxygen atoms in total. The highest BCUT2D eigenvalue weighted by Crippen LogP contribution is 2.34. The van der Waals surface area contributed by atoms with Gasteiger partial charge < -0.3 is 5.73 Å². The van der Waals surface area contributed by atoms with Gasteiger partial charge in [-0.2, -0.15) is 0 Å². The maximum Gasteiger partial charge on any atom is 0.0195 e. The molecule has 1 fully saturated rings. The summed E-state index contributed by atoms with van der Waals surface area (Å²) in [4.78, 5) is 0. The Hall–Kier alpha value is -0.820. The van der Waals surface area contributed by atoms with Gasteiger partial charge in [0.05, 0.1) is 0 Å². The first kappa shape index (κ1) is 14.6. The van der Waals surface area contributed by atoms with E-state index in [1.165, 1.54) is 43.2 Å². The van der Waals surface area contributed by atoms with Gasteiger partial charge in [0.2, 0.25) is 0 Å². The largest absolute Gasteiger partial charge is 0.325 e. The van der Waals surface area contributed by atoms with Crippen LogP contribution in [0, 0.1) is 18.8 Å². The van der Waals surface area contributed by atoms with Crippen LogP contribution >= 0.6 is 0 Å². The zero-order valence-electron chi connectivity index (χ0n) is 12.8. The minimum atomic E-state index is 0.0252. The van der Waals surface area contributed by atoms with E-state index in [-0.39, 0.29) is 5.54 Å². The van der Waals surface area contributed by atoms with E-state index in [0.29, 0.717) is 0 Å². The smallest absolute Gasteiger partial charge is 0.0195 e. The molecule has 1 saturated carbocycles. The van der Waals surface area contributed by atoms with E-state index in [9.17, 15) is 0 Å². The van der Waals surface area contributed by atoms with Crippen LogP contribution in [0.2, 0.25) is 0 Å². The summed E-state index contributed by atoms with van der Waals surface area (Å²) in [6, 6.07) is 8.84. The summed E-state index contributed by atoms with van der Waals surface area (Å²) < 4.78 is 0. The summed E-state index contributed by atoms with van der Waals surface area (Å²) in [5.74, 6) is 1.68. The summed E-state index contributed by atoms with van der Waals surface area (Å²) >= 11 is 0. The Morgan fingerprint density at radius 2 is 2.05 bits per heavy atom. The fourth-order valence-electron chi connectivity index (χ4n) is 3.53. The number of rotatable bonds is 3. The zero-order valence-corrected chi connectivity index (χ0v) is 12.8. The van der Waals surface area contributed by atoms with E-state index >= 15 is 0 Å². The van der Waals surface area contributed by atoms with E-state index in [1.807, 2.05) is 0 Å². The van der Waals surface area contributed by atoms with Gasteiger partial charge >= 0.3 is 0 Å². The molecule has 0 radical (unpaired) electrons. The Labute approximate surface area is 118 Å². The Balaban J connectivity index is 2.02. The third kappa shape index (κ3) is 4.07. The van der Waals surface area contributed by atoms with Crippen molar-refractivity contribution in [3.8, 4) is 0 Å². The van der Waals surface area contributed by atoms with Crippen LogP contribution in [-0.2, 0) is 6.42 Å². The van der Waals surface area contributed by atoms with E-state index < -0.39 is 0 Å². The van der Waals surface area contributed by atoms with Crippen molar-refractivity contribution in [2.24, 2.45) is 17.6 Å². The standard InChI is InChI=1S/C18H29N/c1-14(2)17-8-5-10-18(19,11-9-17)13-16-7-4-6-15(3)12-16/h4,6-7,12,14,17H,5,8-11,13,19H2,1-3H3. The van der Waals surface area contributed by atoms with E-state index in [4.69, 9.17) is 5.73 Å². The minimum Gasteiger partial charge on any atom is -0.325 e. The van der Waals surface area contributed by atoms with Gasteiger partial charge in [-0.05, 0) is 50.0 Å². The molecule has 0 bridgehead atoms. The summed E-state index contributed by atoms with van der Waals surface area (Å²) in [6.45, 7) is 6.87. The van der Waals surface area contributed by atoms with E-state index in [0.717, 1.165) is 18.3 Å². The van der Waals surface area contributed by atoms with Gasteiger partial charge in [-0.15, -0.1) is 0 Å². The van der Waals surface area contributed by atoms with Crippen molar-refractivity contribution in [2.75, 3.05) is 0 Å². The van der Waals surface area contributed by atoms with Crippen LogP contribution in [-0.4, -0.2) is 5.54 Å². The predicted molar refractivity (Wildman–Crippen MR) is 83.2 cm³/mol. The molecular formula is C18H29N. The van der Waals surface area contributed by atoms with Gasteiger partial charge in [0, 0.05) is 5.54 Å². The Kier molecular flexibility index (Phi) is 4.67. The Morgan fingerprint density at radius 1 is 1.26 bits per heavy atom. The second kappa shape index (κ2) is 6.09. The molecule has 19 heavy (non-hydrogen) atoms. The summed E-state index contributed by atoms with van der Waals surface area (Å²) in [7, 11) is 0. The molecule has 0 aromatic heterocycles. The number of hydrogen-bond acceptors (Lipinski definition) is 1. The highest BCUT2D eigenvalue weighted by Gasteiger charge is 2.30. The Bertz CT molecular complexity index is 410. The summed E-state index contributed by atoms with van der Waals surface area (Å²) in [5, 5.41) is 0. The maximum absolute atomic E-state index is 6.70. The lowest BCUT2D eigenvalue weighted by atomic mass is 9.83. The SMILES string of the molecule is Cc1cccc(CC2(N)CCCC(C(C)C)CC2)c1. The van der Waals surface area contributed by atoms with Crippen molar-refractivity contribution in [3.05, 3.63) is 35.4 Å². The van der Waals surface area contributed by atoms with Gasteiger partial charge in [-0.1, -0.05) is 56.5 Å². The fraction of sp³-hybridized carbons (Fsp3) is 0.667. The highest BCUT2D eigenvalue weighted by molar-refractivity contribution is 5.24. The molecule has 0 aliphatic heterocycles. The molecule has 1 aliphatic carbocycles. The third-order valence-corrected chi connectivity index (χ3v) is 4.84. The van der Waals surface area contributed by atoms with Crippen LogP contribution < -0.4 is 5.73 Å². The lowest BCUT2D eigenvalue weighted by Gasteiger charge is -2.29. The lowest BCUT2D eigenvalue weighted by molar-refractivity contribution is 0.321. The fourth-order valence-corrected chi connectivity index (χ4v) is 3.53. The summed E-state index contributed by atoms with van der Waals surface area (Å²) in [6.07, 6.45) is 7.38. The normalized spacial score (nSPS) is 28.4. The van der Waals surface area contributed by atoms with Crippen LogP contribution in [0.3, 0.4) is 0 Å². The van der Waals surface area contributed by atoms with Crippen molar-refractivity contribution >= 4 is 0 Å². The first-order chi connectivity index (χ1) is 8.98. The van der Waals surface area contributed by atoms with Gasteiger partial charge in [-0.3, -0.25) is 0 Å². The van der Waals surface area contributed by atoms with E-state index in [1.54, 1.807) is 0 Å². The van der Waals surface area contributed by atoms with Gasteiger partial charge in [0.15, 0.2) is 0 Å². The van der Waals surface area contributed by atoms with Crippen molar-refractivity contribution < 1.29 is 0 Å². The number of aryl methyl sites for hydroxylation is 1. The minimum absolute atomic E-state index is 0.0252. The second-order valence-electron chi connectivity index (χ2n) is 6.96. The molecule has 2 unspecified atom stereocenters. The average Bonchev–Trinajstić information content (AvgIpc) is 2.51. The predicted octanol–water partition coefficient (Wildman–Crippen LogP) is 4.47. The van der Waals surface area contributed by atoms with Crippen molar-refractivity contribution in [3.63, 3.8) is 0 Å². The molecule has 0 saturated heterocycles. The average molecular weight is 259 g/mol. The van der Waals surface area contributed by atoms with Gasteiger partial charge in [0.25, 0.3) is 0 Å². The third-order valence-electron chi connectivity index (χ3n) is 4.84. The topological polar surface area (TPSA) is 26.0 Å². The monoisotopic (exact) mass is 259 g/mol. The second-order valence-corrected chi connectivity index (χ2v) is 6.96. The molecule has 1 aliphatic rings. The van der Waals surface area contributed by atoms with Crippen LogP contribution in [0.1, 0.15) is 57.1 Å². The highest BCUT2D eigenvalue weighted by atomic mass is 14.7. The van der Waals surface area contributed by atoms with E-state index in [2.05, 4.69) is 45.0 Å². The maximum atomic E-state index is 6.70. The first-order valence-corrected chi connectivity index (χ1v) is 7.83. The number of nitrogens with two attached hydrogens (primary N) is 1. The molecule has 0 amide bonds. The lowest BCUT2D eigenvalue weighted by Crippen LogP contribution is -2.41. The number of benzene rings is 1. The molecule has 0 heterocycles. The summed E-state index contributed by atoms with van der Waals surface area (Å²) in [5.41, 5.74) is 9.48. The van der Waals surface area contributed by atoms with Crippen LogP contribution in [0.25, 0.3) is 0 Å². The molecule has 1 aromatic rings. The van der Waals surface area contributed by atoms with Crippen molar-refractivity contribution in [1.29, 1.82) is 0 Å². The first-order valence-electron chi connectivity index (χ1n) is 7.83. The zero-order chi connectivity index (χ0) is 13.9. The van der Waals surface area contributed by atoms with Gasteiger partial charge in [-0.25, -0.2) is 0 Å². The van der Waals surface area contributed by atoms with Crippen LogP contribution in [0.15, 0.2) is 24.3 Å². The Morgan fingerprint density at radius 3 is 2.74 bits per heavy atom. The number of hydrogen-bond donors (Lipinski definition) is 1. The molecular weight excluding hydrogens is 230 g/mol. The van der Waals surface area contributed by atoms with Gasteiger partial charge in [0.1, 0.15) is 0 Å². The molecule has 1 heteroatoms. The molecule has 2 N–H and O–H groups in total. The molecule has 106 valence electrons. The molecule has 1 aromatic carbocycles. The molecule has 2 atom stereocenters. The van der Waals surface area contributed by atoms with Crippen LogP contribution in [0.5, 0.6) is 0 Å². The van der Waals surface area contributed by atoms with Crippen molar-refractivity contribution in [1.82, 2.24) is 0 Å². The molecule has 0 spiro atoms. The quantitative estimate of drug-likeness (QED) is 0.796.